The fraction of sp³-hybridized carbons (Fsp3) is 0.588. The number of hydrogen-bond acceptors (Lipinski definition) is 4. The number of amides is 2. The summed E-state index contributed by atoms with van der Waals surface area (Å²) in [7, 11) is 0. The van der Waals surface area contributed by atoms with Crippen LogP contribution in [-0.2, 0) is 12.8 Å². The molecule has 130 valence electrons. The zero-order valence-corrected chi connectivity index (χ0v) is 15.2. The second-order valence-corrected chi connectivity index (χ2v) is 7.47. The third-order valence-electron chi connectivity index (χ3n) is 4.55. The van der Waals surface area contributed by atoms with E-state index in [1.807, 2.05) is 17.3 Å². The number of aromatic nitrogens is 3. The quantitative estimate of drug-likeness (QED) is 0.872. The number of piperidine rings is 1. The van der Waals surface area contributed by atoms with Gasteiger partial charge >= 0.3 is 6.03 Å². The van der Waals surface area contributed by atoms with Gasteiger partial charge in [-0.15, -0.1) is 11.3 Å². The van der Waals surface area contributed by atoms with E-state index in [2.05, 4.69) is 34.3 Å². The van der Waals surface area contributed by atoms with Crippen molar-refractivity contribution in [2.75, 3.05) is 13.1 Å². The highest BCUT2D eigenvalue weighted by Crippen LogP contribution is 2.30. The van der Waals surface area contributed by atoms with Crippen LogP contribution in [0, 0.1) is 6.92 Å². The van der Waals surface area contributed by atoms with Gasteiger partial charge in [0.05, 0.1) is 22.9 Å². The summed E-state index contributed by atoms with van der Waals surface area (Å²) in [6.45, 7) is 5.67. The van der Waals surface area contributed by atoms with Crippen molar-refractivity contribution in [2.24, 2.45) is 0 Å². The topological polar surface area (TPSA) is 73.9 Å². The molecule has 2 amide bonds. The highest BCUT2D eigenvalue weighted by atomic mass is 32.1. The summed E-state index contributed by atoms with van der Waals surface area (Å²) in [6, 6.07) is 0.149. The van der Waals surface area contributed by atoms with Gasteiger partial charge in [0.15, 0.2) is 0 Å². The molecule has 0 unspecified atom stereocenters. The van der Waals surface area contributed by atoms with Crippen LogP contribution in [0.2, 0.25) is 0 Å². The maximum atomic E-state index is 12.6. The minimum Gasteiger partial charge on any atom is -0.338 e. The first kappa shape index (κ1) is 17.0. The van der Waals surface area contributed by atoms with E-state index < -0.39 is 0 Å². The van der Waals surface area contributed by atoms with E-state index in [-0.39, 0.29) is 12.1 Å². The Kier molecular flexibility index (Phi) is 5.50. The molecule has 1 fully saturated rings. The van der Waals surface area contributed by atoms with Gasteiger partial charge in [-0.25, -0.2) is 9.78 Å². The van der Waals surface area contributed by atoms with Crippen molar-refractivity contribution in [2.45, 2.75) is 52.0 Å². The first-order chi connectivity index (χ1) is 11.7. The second kappa shape index (κ2) is 7.79. The number of nitrogens with zero attached hydrogens (tertiary/aromatic N) is 3. The molecule has 6 nitrogen and oxygen atoms in total. The minimum atomic E-state index is 0.0184. The lowest BCUT2D eigenvalue weighted by Gasteiger charge is -2.35. The molecule has 2 N–H and O–H groups in total. The predicted molar refractivity (Wildman–Crippen MR) is 95.2 cm³/mol. The molecule has 2 aromatic rings. The molecule has 0 saturated carbocycles. The molecule has 0 aliphatic carbocycles. The monoisotopic (exact) mass is 347 g/mol. The zero-order valence-electron chi connectivity index (χ0n) is 14.3. The molecule has 2 aromatic heterocycles. The van der Waals surface area contributed by atoms with Crippen LogP contribution in [0.5, 0.6) is 0 Å². The highest BCUT2D eigenvalue weighted by Gasteiger charge is 2.28. The van der Waals surface area contributed by atoms with Crippen LogP contribution in [0.15, 0.2) is 12.4 Å². The van der Waals surface area contributed by atoms with Crippen LogP contribution < -0.4 is 5.32 Å². The Hall–Kier alpha value is -1.89. The number of aromatic amines is 1. The van der Waals surface area contributed by atoms with E-state index in [0.717, 1.165) is 49.2 Å². The molecular formula is C17H25N5OS. The van der Waals surface area contributed by atoms with Gasteiger partial charge < -0.3 is 10.2 Å². The lowest BCUT2D eigenvalue weighted by Crippen LogP contribution is -2.45. The van der Waals surface area contributed by atoms with Crippen LogP contribution in [0.4, 0.5) is 4.79 Å². The SMILES string of the molecule is CCc1nc(CCNC(=O)N2CCCC[C@@H]2c2cn[nH]c2)sc1C. The number of carbonyl (C=O) groups excluding carboxylic acids is 1. The van der Waals surface area contributed by atoms with Gasteiger partial charge in [0.2, 0.25) is 0 Å². The standard InChI is InChI=1S/C17H25N5OS/c1-3-14-12(2)24-16(21-14)7-8-18-17(23)22-9-5-4-6-15(22)13-10-19-20-11-13/h10-11,15H,3-9H2,1-2H3,(H,18,23)(H,19,20)/t15-/m1/s1. The Morgan fingerprint density at radius 2 is 2.38 bits per heavy atom. The molecule has 7 heteroatoms. The number of nitrogens with one attached hydrogen (secondary N) is 2. The number of thiazole rings is 1. The molecule has 3 rings (SSSR count). The van der Waals surface area contributed by atoms with Gasteiger partial charge in [0.25, 0.3) is 0 Å². The number of carbonyl (C=O) groups is 1. The van der Waals surface area contributed by atoms with E-state index in [1.165, 1.54) is 10.6 Å². The summed E-state index contributed by atoms with van der Waals surface area (Å²) >= 11 is 1.74. The fourth-order valence-corrected chi connectivity index (χ4v) is 4.29. The Morgan fingerprint density at radius 1 is 1.50 bits per heavy atom. The number of hydrogen-bond donors (Lipinski definition) is 2. The molecular weight excluding hydrogens is 322 g/mol. The molecule has 0 spiro atoms. The average Bonchev–Trinajstić information content (AvgIpc) is 3.24. The van der Waals surface area contributed by atoms with Gasteiger partial charge in [-0.3, -0.25) is 5.10 Å². The van der Waals surface area contributed by atoms with Crippen LogP contribution in [0.1, 0.15) is 53.4 Å². The fourth-order valence-electron chi connectivity index (χ4n) is 3.26. The van der Waals surface area contributed by atoms with Crippen molar-refractivity contribution < 1.29 is 4.79 Å². The summed E-state index contributed by atoms with van der Waals surface area (Å²) in [5.41, 5.74) is 2.27. The normalized spacial score (nSPS) is 17.9. The van der Waals surface area contributed by atoms with Crippen LogP contribution in [0.3, 0.4) is 0 Å². The van der Waals surface area contributed by atoms with Crippen LogP contribution in [-0.4, -0.2) is 39.2 Å². The maximum Gasteiger partial charge on any atom is 0.317 e. The van der Waals surface area contributed by atoms with Crippen molar-refractivity contribution in [3.63, 3.8) is 0 Å². The van der Waals surface area contributed by atoms with Crippen LogP contribution >= 0.6 is 11.3 Å². The number of aryl methyl sites for hydroxylation is 2. The Bertz CT molecular complexity index is 667. The van der Waals surface area contributed by atoms with Crippen molar-refractivity contribution in [1.29, 1.82) is 0 Å². The molecule has 1 aliphatic rings. The van der Waals surface area contributed by atoms with Gasteiger partial charge in [-0.1, -0.05) is 6.92 Å². The lowest BCUT2D eigenvalue weighted by molar-refractivity contribution is 0.151. The van der Waals surface area contributed by atoms with E-state index in [1.54, 1.807) is 11.3 Å². The van der Waals surface area contributed by atoms with Crippen molar-refractivity contribution in [3.05, 3.63) is 33.5 Å². The summed E-state index contributed by atoms with van der Waals surface area (Å²) in [5.74, 6) is 0. The maximum absolute atomic E-state index is 12.6. The van der Waals surface area contributed by atoms with Gasteiger partial charge in [0.1, 0.15) is 0 Å². The molecule has 0 bridgehead atoms. The Balaban J connectivity index is 1.55. The highest BCUT2D eigenvalue weighted by molar-refractivity contribution is 7.11. The van der Waals surface area contributed by atoms with E-state index in [0.29, 0.717) is 6.54 Å². The zero-order chi connectivity index (χ0) is 16.9. The number of rotatable bonds is 5. The predicted octanol–water partition coefficient (Wildman–Crippen LogP) is 3.22. The lowest BCUT2D eigenvalue weighted by atomic mass is 9.98. The minimum absolute atomic E-state index is 0.0184. The molecule has 0 aromatic carbocycles. The molecule has 1 atom stereocenters. The summed E-state index contributed by atoms with van der Waals surface area (Å²) < 4.78 is 0. The van der Waals surface area contributed by atoms with E-state index in [4.69, 9.17) is 0 Å². The first-order valence-corrected chi connectivity index (χ1v) is 9.49. The molecule has 0 radical (unpaired) electrons. The van der Waals surface area contributed by atoms with E-state index >= 15 is 0 Å². The van der Waals surface area contributed by atoms with E-state index in [9.17, 15) is 4.79 Å². The molecule has 1 aliphatic heterocycles. The number of likely N-dealkylation sites (tertiary alicyclic amines) is 1. The smallest absolute Gasteiger partial charge is 0.317 e. The van der Waals surface area contributed by atoms with Gasteiger partial charge in [-0.2, -0.15) is 5.10 Å². The second-order valence-electron chi connectivity index (χ2n) is 6.18. The van der Waals surface area contributed by atoms with Crippen molar-refractivity contribution in [1.82, 2.24) is 25.4 Å². The number of H-pyrrole nitrogens is 1. The summed E-state index contributed by atoms with van der Waals surface area (Å²) in [6.07, 6.45) is 8.68. The molecule has 1 saturated heterocycles. The van der Waals surface area contributed by atoms with Crippen molar-refractivity contribution in [3.8, 4) is 0 Å². The third-order valence-corrected chi connectivity index (χ3v) is 5.63. The largest absolute Gasteiger partial charge is 0.338 e. The third kappa shape index (κ3) is 3.77. The van der Waals surface area contributed by atoms with Gasteiger partial charge in [-0.05, 0) is 32.6 Å². The van der Waals surface area contributed by atoms with Gasteiger partial charge in [0, 0.05) is 36.1 Å². The average molecular weight is 347 g/mol. The number of urea groups is 1. The molecule has 24 heavy (non-hydrogen) atoms. The first-order valence-electron chi connectivity index (χ1n) is 8.67. The van der Waals surface area contributed by atoms with Crippen LogP contribution in [0.25, 0.3) is 0 Å². The Morgan fingerprint density at radius 3 is 3.08 bits per heavy atom. The summed E-state index contributed by atoms with van der Waals surface area (Å²) in [4.78, 5) is 20.5. The molecule has 3 heterocycles. The summed E-state index contributed by atoms with van der Waals surface area (Å²) in [5, 5.41) is 11.0. The Labute approximate surface area is 146 Å². The van der Waals surface area contributed by atoms with Crippen molar-refractivity contribution >= 4 is 17.4 Å².